The molecule has 0 bridgehead atoms. The minimum absolute atomic E-state index is 0.0959. The first-order chi connectivity index (χ1) is 12.3. The van der Waals surface area contributed by atoms with E-state index in [4.69, 9.17) is 0 Å². The Bertz CT molecular complexity index is 864. The summed E-state index contributed by atoms with van der Waals surface area (Å²) >= 11 is 0. The Hall–Kier alpha value is -2.04. The van der Waals surface area contributed by atoms with Gasteiger partial charge in [-0.2, -0.15) is 0 Å². The minimum Gasteiger partial charge on any atom is -0.369 e. The van der Waals surface area contributed by atoms with Crippen LogP contribution in [-0.4, -0.2) is 37.4 Å². The third kappa shape index (κ3) is 1.44. The first kappa shape index (κ1) is 14.2. The van der Waals surface area contributed by atoms with Gasteiger partial charge in [0.2, 0.25) is 0 Å². The second-order valence-electron chi connectivity index (χ2n) is 8.09. The Balaban J connectivity index is 1.67. The molecule has 2 saturated heterocycles. The highest BCUT2D eigenvalue weighted by molar-refractivity contribution is 5.72. The van der Waals surface area contributed by atoms with Crippen LogP contribution >= 0.6 is 0 Å². The molecule has 2 aromatic rings. The number of para-hydroxylation sites is 2. The van der Waals surface area contributed by atoms with E-state index in [-0.39, 0.29) is 10.8 Å². The Kier molecular flexibility index (Phi) is 2.59. The lowest BCUT2D eigenvalue weighted by atomic mass is 9.55. The van der Waals surface area contributed by atoms with Crippen molar-refractivity contribution in [3.8, 4) is 0 Å². The number of anilines is 2. The van der Waals surface area contributed by atoms with E-state index in [9.17, 15) is 0 Å². The molecule has 3 N–H and O–H groups in total. The van der Waals surface area contributed by atoms with Crippen molar-refractivity contribution in [1.29, 1.82) is 0 Å². The molecule has 0 unspecified atom stereocenters. The quantitative estimate of drug-likeness (QED) is 0.751. The highest BCUT2D eigenvalue weighted by Gasteiger charge is 2.70. The van der Waals surface area contributed by atoms with Crippen LogP contribution in [0.5, 0.6) is 0 Å². The molecule has 2 fully saturated rings. The van der Waals surface area contributed by atoms with E-state index < -0.39 is 0 Å². The summed E-state index contributed by atoms with van der Waals surface area (Å²) in [6, 6.07) is 18.0. The molecule has 0 spiro atoms. The number of benzene rings is 2. The maximum absolute atomic E-state index is 3.87. The van der Waals surface area contributed by atoms with E-state index in [1.165, 1.54) is 35.3 Å². The van der Waals surface area contributed by atoms with Crippen LogP contribution in [0.2, 0.25) is 0 Å². The summed E-state index contributed by atoms with van der Waals surface area (Å²) in [4.78, 5) is 2.52. The summed E-state index contributed by atoms with van der Waals surface area (Å²) in [6.07, 6.45) is 3.06. The number of rotatable bonds is 1. The van der Waals surface area contributed by atoms with Crippen molar-refractivity contribution in [3.63, 3.8) is 0 Å². The summed E-state index contributed by atoms with van der Waals surface area (Å²) in [5, 5.41) is 11.5. The molecule has 25 heavy (non-hydrogen) atoms. The molecule has 4 aliphatic rings. The number of hydrogen-bond acceptors (Lipinski definition) is 4. The van der Waals surface area contributed by atoms with Crippen LogP contribution in [0.4, 0.5) is 11.4 Å². The maximum atomic E-state index is 3.87. The third-order valence-corrected chi connectivity index (χ3v) is 7.33. The van der Waals surface area contributed by atoms with Crippen LogP contribution in [0.1, 0.15) is 24.0 Å². The molecule has 0 aromatic heterocycles. The molecule has 4 aliphatic heterocycles. The van der Waals surface area contributed by atoms with Crippen LogP contribution in [0.3, 0.4) is 0 Å². The monoisotopic (exact) mass is 332 g/mol. The fraction of sp³-hybridized carbons (Fsp3) is 0.429. The van der Waals surface area contributed by atoms with Gasteiger partial charge in [0.1, 0.15) is 0 Å². The summed E-state index contributed by atoms with van der Waals surface area (Å²) in [7, 11) is 2.27. The summed E-state index contributed by atoms with van der Waals surface area (Å²) < 4.78 is 0. The van der Waals surface area contributed by atoms with Gasteiger partial charge in [-0.15, -0.1) is 0 Å². The normalized spacial score (nSPS) is 37.8. The smallest absolute Gasteiger partial charge is 0.0901 e. The van der Waals surface area contributed by atoms with Crippen LogP contribution in [-0.2, 0) is 10.8 Å². The molecule has 4 atom stereocenters. The van der Waals surface area contributed by atoms with Crippen molar-refractivity contribution >= 4 is 11.4 Å². The number of nitrogens with one attached hydrogen (secondary N) is 3. The van der Waals surface area contributed by atoms with Crippen LogP contribution in [0.15, 0.2) is 48.5 Å². The van der Waals surface area contributed by atoms with Gasteiger partial charge in [-0.05, 0) is 49.7 Å². The van der Waals surface area contributed by atoms with E-state index >= 15 is 0 Å². The van der Waals surface area contributed by atoms with Gasteiger partial charge < -0.3 is 10.6 Å². The van der Waals surface area contributed by atoms with Gasteiger partial charge in [0.15, 0.2) is 0 Å². The summed E-state index contributed by atoms with van der Waals surface area (Å²) in [6.45, 7) is 2.22. The molecule has 4 heterocycles. The van der Waals surface area contributed by atoms with Crippen LogP contribution < -0.4 is 16.0 Å². The number of nitrogens with zero attached hydrogens (tertiary/aromatic N) is 1. The van der Waals surface area contributed by atoms with E-state index in [0.29, 0.717) is 12.3 Å². The Morgan fingerprint density at radius 2 is 1.56 bits per heavy atom. The molecule has 0 radical (unpaired) electrons. The van der Waals surface area contributed by atoms with Gasteiger partial charge in [0.25, 0.3) is 0 Å². The average molecular weight is 332 g/mol. The standard InChI is InChI=1S/C21H24N4/c1-25-13-11-21(15-7-3-5-9-17(15)24-19(21)25)20-10-12-22-18(20)23-16-8-4-2-6-14(16)20/h2-9,18-19,22-24H,10-13H2,1H3/t18-,19-,20+,21+/m0/s1. The molecule has 4 heteroatoms. The van der Waals surface area contributed by atoms with Crippen molar-refractivity contribution in [2.45, 2.75) is 36.0 Å². The van der Waals surface area contributed by atoms with Gasteiger partial charge in [0.05, 0.1) is 12.3 Å². The average Bonchev–Trinajstić information content (AvgIpc) is 3.34. The Morgan fingerprint density at radius 3 is 2.36 bits per heavy atom. The van der Waals surface area contributed by atoms with E-state index in [0.717, 1.165) is 13.1 Å². The number of hydrogen-bond donors (Lipinski definition) is 3. The molecular formula is C21H24N4. The predicted molar refractivity (Wildman–Crippen MR) is 101 cm³/mol. The Labute approximate surface area is 148 Å². The van der Waals surface area contributed by atoms with Gasteiger partial charge in [-0.1, -0.05) is 36.4 Å². The SMILES string of the molecule is CN1CC[C@@]2([C@@]34CCN[C@H]3Nc3ccccc34)c3ccccc3N[C@@H]12. The lowest BCUT2D eigenvalue weighted by Crippen LogP contribution is -2.59. The Morgan fingerprint density at radius 1 is 0.880 bits per heavy atom. The number of fused-ring (bicyclic) bond motifs is 7. The second kappa shape index (κ2) is 4.57. The topological polar surface area (TPSA) is 39.3 Å². The van der Waals surface area contributed by atoms with Crippen molar-refractivity contribution in [3.05, 3.63) is 59.7 Å². The number of likely N-dealkylation sites (N-methyl/N-ethyl adjacent to an activating group) is 1. The van der Waals surface area contributed by atoms with E-state index in [1.807, 2.05) is 0 Å². The second-order valence-corrected chi connectivity index (χ2v) is 8.09. The molecule has 0 aliphatic carbocycles. The van der Waals surface area contributed by atoms with Crippen molar-refractivity contribution < 1.29 is 0 Å². The summed E-state index contributed by atoms with van der Waals surface area (Å²) in [5.74, 6) is 0. The zero-order valence-corrected chi connectivity index (χ0v) is 14.5. The number of likely N-dealkylation sites (tertiary alicyclic amines) is 1. The van der Waals surface area contributed by atoms with Crippen molar-refractivity contribution in [2.75, 3.05) is 30.8 Å². The van der Waals surface area contributed by atoms with Gasteiger partial charge >= 0.3 is 0 Å². The summed E-state index contributed by atoms with van der Waals surface area (Å²) in [5.41, 5.74) is 5.85. The zero-order chi connectivity index (χ0) is 16.6. The molecule has 2 aromatic carbocycles. The fourth-order valence-corrected chi connectivity index (χ4v) is 6.43. The zero-order valence-electron chi connectivity index (χ0n) is 14.5. The molecule has 4 nitrogen and oxygen atoms in total. The molecule has 0 saturated carbocycles. The lowest BCUT2D eigenvalue weighted by Gasteiger charge is -2.47. The van der Waals surface area contributed by atoms with Gasteiger partial charge in [-0.25, -0.2) is 0 Å². The third-order valence-electron chi connectivity index (χ3n) is 7.33. The molecule has 6 rings (SSSR count). The van der Waals surface area contributed by atoms with Gasteiger partial charge in [-0.3, -0.25) is 10.2 Å². The van der Waals surface area contributed by atoms with Crippen molar-refractivity contribution in [2.24, 2.45) is 0 Å². The highest BCUT2D eigenvalue weighted by Crippen LogP contribution is 2.64. The van der Waals surface area contributed by atoms with Crippen molar-refractivity contribution in [1.82, 2.24) is 10.2 Å². The lowest BCUT2D eigenvalue weighted by molar-refractivity contribution is 0.170. The molecule has 128 valence electrons. The largest absolute Gasteiger partial charge is 0.369 e. The highest BCUT2D eigenvalue weighted by atomic mass is 15.3. The molecular weight excluding hydrogens is 308 g/mol. The fourth-order valence-electron chi connectivity index (χ4n) is 6.43. The van der Waals surface area contributed by atoms with Gasteiger partial charge in [0, 0.05) is 28.7 Å². The van der Waals surface area contributed by atoms with Crippen LogP contribution in [0.25, 0.3) is 0 Å². The van der Waals surface area contributed by atoms with E-state index in [1.54, 1.807) is 0 Å². The van der Waals surface area contributed by atoms with E-state index in [2.05, 4.69) is 76.4 Å². The molecule has 0 amide bonds. The minimum atomic E-state index is 0.0959. The van der Waals surface area contributed by atoms with Crippen LogP contribution in [0, 0.1) is 0 Å². The first-order valence-electron chi connectivity index (χ1n) is 9.43. The first-order valence-corrected chi connectivity index (χ1v) is 9.43. The predicted octanol–water partition coefficient (Wildman–Crippen LogP) is 2.69. The maximum Gasteiger partial charge on any atom is 0.0901 e.